The highest BCUT2D eigenvalue weighted by Gasteiger charge is 2.25. The van der Waals surface area contributed by atoms with Gasteiger partial charge in [0.15, 0.2) is 11.5 Å². The molecule has 1 heterocycles. The fourth-order valence-electron chi connectivity index (χ4n) is 3.01. The molecule has 0 saturated heterocycles. The van der Waals surface area contributed by atoms with E-state index in [9.17, 15) is 0 Å². The van der Waals surface area contributed by atoms with E-state index in [1.165, 1.54) is 0 Å². The van der Waals surface area contributed by atoms with Crippen molar-refractivity contribution in [1.82, 2.24) is 5.32 Å². The predicted molar refractivity (Wildman–Crippen MR) is 79.0 cm³/mol. The summed E-state index contributed by atoms with van der Waals surface area (Å²) >= 11 is 0. The fraction of sp³-hybridized carbons (Fsp3) is 0.625. The van der Waals surface area contributed by atoms with Crippen LogP contribution in [0.1, 0.15) is 31.2 Å². The Balaban J connectivity index is 1.77. The van der Waals surface area contributed by atoms with E-state index in [1.807, 2.05) is 19.2 Å². The van der Waals surface area contributed by atoms with Crippen molar-refractivity contribution in [3.63, 3.8) is 0 Å². The van der Waals surface area contributed by atoms with Crippen molar-refractivity contribution in [2.45, 2.75) is 44.4 Å². The lowest BCUT2D eigenvalue weighted by molar-refractivity contribution is 0.0206. The van der Waals surface area contributed by atoms with E-state index in [2.05, 4.69) is 5.32 Å². The lowest BCUT2D eigenvalue weighted by Gasteiger charge is -2.29. The molecule has 2 unspecified atom stereocenters. The summed E-state index contributed by atoms with van der Waals surface area (Å²) in [6.45, 7) is 1.03. The maximum Gasteiger partial charge on any atom is 0.231 e. The molecule has 0 spiro atoms. The third kappa shape index (κ3) is 3.24. The van der Waals surface area contributed by atoms with Gasteiger partial charge in [-0.15, -0.1) is 0 Å². The number of hydrogen-bond donors (Lipinski definition) is 1. The van der Waals surface area contributed by atoms with Gasteiger partial charge in [0, 0.05) is 31.7 Å². The minimum atomic E-state index is 0.208. The molecule has 0 aromatic heterocycles. The van der Waals surface area contributed by atoms with Crippen LogP contribution in [0.5, 0.6) is 17.2 Å². The maximum atomic E-state index is 6.24. The minimum absolute atomic E-state index is 0.208. The Morgan fingerprint density at radius 2 is 1.95 bits per heavy atom. The third-order valence-corrected chi connectivity index (χ3v) is 4.13. The van der Waals surface area contributed by atoms with E-state index in [0.29, 0.717) is 6.10 Å². The van der Waals surface area contributed by atoms with Crippen LogP contribution in [-0.4, -0.2) is 33.2 Å². The molecule has 1 N–H and O–H groups in total. The van der Waals surface area contributed by atoms with Gasteiger partial charge >= 0.3 is 0 Å². The molecule has 1 saturated carbocycles. The first-order valence-corrected chi connectivity index (χ1v) is 7.56. The number of nitrogens with one attached hydrogen (secondary N) is 1. The first-order valence-electron chi connectivity index (χ1n) is 7.56. The van der Waals surface area contributed by atoms with E-state index in [0.717, 1.165) is 55.0 Å². The van der Waals surface area contributed by atoms with Crippen LogP contribution in [0, 0.1) is 0 Å². The van der Waals surface area contributed by atoms with E-state index in [1.54, 1.807) is 7.11 Å². The Morgan fingerprint density at radius 1 is 1.19 bits per heavy atom. The smallest absolute Gasteiger partial charge is 0.231 e. The molecule has 0 radical (unpaired) electrons. The van der Waals surface area contributed by atoms with E-state index in [4.69, 9.17) is 18.9 Å². The minimum Gasteiger partial charge on any atom is -0.490 e. The van der Waals surface area contributed by atoms with Crippen molar-refractivity contribution in [2.75, 3.05) is 21.0 Å². The summed E-state index contributed by atoms with van der Waals surface area (Å²) in [5, 5.41) is 3.17. The average molecular weight is 293 g/mol. The molecule has 1 aliphatic carbocycles. The standard InChI is InChI=1S/C16H23NO4/c1-17-9-11-6-15-16(20-10-19-15)8-14(11)21-13-5-3-4-12(7-13)18-2/h6,8,12-13,17H,3-5,7,9-10H2,1-2H3. The van der Waals surface area contributed by atoms with Gasteiger partial charge in [-0.1, -0.05) is 0 Å². The topological polar surface area (TPSA) is 49.0 Å². The molecular weight excluding hydrogens is 270 g/mol. The highest BCUT2D eigenvalue weighted by atomic mass is 16.7. The number of methoxy groups -OCH3 is 1. The zero-order valence-electron chi connectivity index (χ0n) is 12.7. The zero-order chi connectivity index (χ0) is 14.7. The second-order valence-electron chi connectivity index (χ2n) is 5.61. The second-order valence-corrected chi connectivity index (χ2v) is 5.61. The van der Waals surface area contributed by atoms with Gasteiger partial charge in [-0.25, -0.2) is 0 Å². The Hall–Kier alpha value is -1.46. The molecule has 2 aliphatic rings. The Morgan fingerprint density at radius 3 is 2.71 bits per heavy atom. The highest BCUT2D eigenvalue weighted by molar-refractivity contribution is 5.51. The molecule has 1 aromatic rings. The predicted octanol–water partition coefficient (Wildman–Crippen LogP) is 2.47. The van der Waals surface area contributed by atoms with Gasteiger partial charge in [0.05, 0.1) is 6.10 Å². The Kier molecular flexibility index (Phi) is 4.51. The monoisotopic (exact) mass is 293 g/mol. The molecule has 1 fully saturated rings. The molecule has 0 amide bonds. The maximum absolute atomic E-state index is 6.24. The van der Waals surface area contributed by atoms with Gasteiger partial charge in [-0.2, -0.15) is 0 Å². The summed E-state index contributed by atoms with van der Waals surface area (Å²) in [6, 6.07) is 3.95. The Labute approximate surface area is 125 Å². The fourth-order valence-corrected chi connectivity index (χ4v) is 3.01. The molecule has 5 nitrogen and oxygen atoms in total. The SMILES string of the molecule is CNCc1cc2c(cc1OC1CCCC(OC)C1)OCO2. The van der Waals surface area contributed by atoms with Crippen molar-refractivity contribution in [3.8, 4) is 17.2 Å². The van der Waals surface area contributed by atoms with Gasteiger partial charge in [0.1, 0.15) is 11.9 Å². The first kappa shape index (κ1) is 14.5. The molecule has 116 valence electrons. The molecule has 21 heavy (non-hydrogen) atoms. The van der Waals surface area contributed by atoms with Crippen LogP contribution < -0.4 is 19.5 Å². The molecule has 3 rings (SSSR count). The number of rotatable bonds is 5. The molecule has 5 heteroatoms. The summed E-state index contributed by atoms with van der Waals surface area (Å²) < 4.78 is 22.6. The number of hydrogen-bond acceptors (Lipinski definition) is 5. The van der Waals surface area contributed by atoms with Gasteiger partial charge < -0.3 is 24.3 Å². The zero-order valence-corrected chi connectivity index (χ0v) is 12.7. The van der Waals surface area contributed by atoms with Crippen LogP contribution in [0.25, 0.3) is 0 Å². The van der Waals surface area contributed by atoms with Crippen LogP contribution in [0.3, 0.4) is 0 Å². The van der Waals surface area contributed by atoms with Crippen LogP contribution in [0.2, 0.25) is 0 Å². The summed E-state index contributed by atoms with van der Waals surface area (Å²) in [6.07, 6.45) is 4.82. The lowest BCUT2D eigenvalue weighted by Crippen LogP contribution is -2.29. The quantitative estimate of drug-likeness (QED) is 0.904. The van der Waals surface area contributed by atoms with E-state index >= 15 is 0 Å². The van der Waals surface area contributed by atoms with Crippen LogP contribution >= 0.6 is 0 Å². The van der Waals surface area contributed by atoms with Crippen LogP contribution in [0.15, 0.2) is 12.1 Å². The van der Waals surface area contributed by atoms with Crippen molar-refractivity contribution in [3.05, 3.63) is 17.7 Å². The number of benzene rings is 1. The lowest BCUT2D eigenvalue weighted by atomic mass is 9.95. The second kappa shape index (κ2) is 6.54. The largest absolute Gasteiger partial charge is 0.490 e. The number of fused-ring (bicyclic) bond motifs is 1. The van der Waals surface area contributed by atoms with Gasteiger partial charge in [-0.05, 0) is 32.4 Å². The van der Waals surface area contributed by atoms with Crippen molar-refractivity contribution < 1.29 is 18.9 Å². The molecule has 1 aromatic carbocycles. The molecule has 1 aliphatic heterocycles. The normalized spacial score (nSPS) is 24.1. The molecule has 0 bridgehead atoms. The summed E-state index contributed by atoms with van der Waals surface area (Å²) in [4.78, 5) is 0. The van der Waals surface area contributed by atoms with Gasteiger partial charge in [0.25, 0.3) is 0 Å². The number of ether oxygens (including phenoxy) is 4. The summed E-state index contributed by atoms with van der Waals surface area (Å²) in [5.74, 6) is 2.45. The van der Waals surface area contributed by atoms with Crippen LogP contribution in [-0.2, 0) is 11.3 Å². The van der Waals surface area contributed by atoms with Gasteiger partial charge in [0.2, 0.25) is 6.79 Å². The average Bonchev–Trinajstić information content (AvgIpc) is 2.95. The van der Waals surface area contributed by atoms with Crippen LogP contribution in [0.4, 0.5) is 0 Å². The summed E-state index contributed by atoms with van der Waals surface area (Å²) in [5.41, 5.74) is 1.10. The summed E-state index contributed by atoms with van der Waals surface area (Å²) in [7, 11) is 3.70. The highest BCUT2D eigenvalue weighted by Crippen LogP contribution is 2.39. The molecular formula is C16H23NO4. The van der Waals surface area contributed by atoms with Crippen molar-refractivity contribution in [2.24, 2.45) is 0 Å². The first-order chi connectivity index (χ1) is 10.3. The van der Waals surface area contributed by atoms with Crippen molar-refractivity contribution in [1.29, 1.82) is 0 Å². The van der Waals surface area contributed by atoms with Gasteiger partial charge in [-0.3, -0.25) is 0 Å². The Bertz CT molecular complexity index is 491. The van der Waals surface area contributed by atoms with E-state index < -0.39 is 0 Å². The van der Waals surface area contributed by atoms with E-state index in [-0.39, 0.29) is 12.9 Å². The van der Waals surface area contributed by atoms with Crippen molar-refractivity contribution >= 4 is 0 Å². The molecule has 2 atom stereocenters. The third-order valence-electron chi connectivity index (χ3n) is 4.13.